The molecular formula is C15H22FN3O2. The molecule has 1 aliphatic rings. The maximum atomic E-state index is 13.3. The normalized spacial score (nSPS) is 18.9. The van der Waals surface area contributed by atoms with Crippen molar-refractivity contribution in [1.82, 2.24) is 15.2 Å². The quantitative estimate of drug-likeness (QED) is 0.742. The Balaban J connectivity index is 1.64. The zero-order valence-electron chi connectivity index (χ0n) is 12.1. The molecule has 5 nitrogen and oxygen atoms in total. The Kier molecular flexibility index (Phi) is 6.07. The molecule has 1 unspecified atom stereocenters. The number of aliphatic hydroxyl groups excluding tert-OH is 1. The molecule has 1 aliphatic heterocycles. The number of aliphatic hydroxyl groups is 1. The highest BCUT2D eigenvalue weighted by atomic mass is 19.1. The largest absolute Gasteiger partial charge is 0.395 e. The number of carbonyl (C=O) groups excluding carboxylic acids is 1. The van der Waals surface area contributed by atoms with Crippen molar-refractivity contribution in [2.45, 2.75) is 31.7 Å². The van der Waals surface area contributed by atoms with Crippen molar-refractivity contribution in [3.05, 3.63) is 29.8 Å². The first-order valence-electron chi connectivity index (χ1n) is 7.45. The Morgan fingerprint density at radius 2 is 2.38 bits per heavy atom. The Labute approximate surface area is 124 Å². The summed E-state index contributed by atoms with van der Waals surface area (Å²) < 4.78 is 13.3. The number of halogens is 1. The molecule has 1 fully saturated rings. The Bertz CT molecular complexity index is 470. The predicted molar refractivity (Wildman–Crippen MR) is 77.4 cm³/mol. The molecule has 21 heavy (non-hydrogen) atoms. The van der Waals surface area contributed by atoms with Gasteiger partial charge in [0.15, 0.2) is 5.82 Å². The van der Waals surface area contributed by atoms with Gasteiger partial charge in [0, 0.05) is 18.8 Å². The molecule has 2 rings (SSSR count). The molecule has 0 spiro atoms. The molecular weight excluding hydrogens is 273 g/mol. The van der Waals surface area contributed by atoms with Crippen LogP contribution in [0, 0.1) is 5.82 Å². The number of aromatic nitrogens is 1. The van der Waals surface area contributed by atoms with E-state index in [9.17, 15) is 14.3 Å². The highest BCUT2D eigenvalue weighted by Crippen LogP contribution is 2.16. The van der Waals surface area contributed by atoms with Gasteiger partial charge in [0.1, 0.15) is 0 Å². The number of hydrogen-bond donors (Lipinski definition) is 2. The van der Waals surface area contributed by atoms with Crippen LogP contribution >= 0.6 is 0 Å². The van der Waals surface area contributed by atoms with Crippen molar-refractivity contribution in [1.29, 1.82) is 0 Å². The summed E-state index contributed by atoms with van der Waals surface area (Å²) in [6.45, 7) is 2.72. The van der Waals surface area contributed by atoms with E-state index in [2.05, 4.69) is 15.2 Å². The summed E-state index contributed by atoms with van der Waals surface area (Å²) in [5.41, 5.74) is 0.0323. The molecule has 6 heteroatoms. The fraction of sp³-hybridized carbons (Fsp3) is 0.600. The van der Waals surface area contributed by atoms with E-state index in [-0.39, 0.29) is 12.2 Å². The molecule has 0 saturated carbocycles. The van der Waals surface area contributed by atoms with Crippen LogP contribution in [-0.2, 0) is 0 Å². The van der Waals surface area contributed by atoms with Crippen molar-refractivity contribution in [2.24, 2.45) is 0 Å². The zero-order chi connectivity index (χ0) is 15.1. The lowest BCUT2D eigenvalue weighted by molar-refractivity contribution is 0.0948. The molecule has 1 saturated heterocycles. The van der Waals surface area contributed by atoms with Crippen LogP contribution in [0.1, 0.15) is 36.0 Å². The highest BCUT2D eigenvalue weighted by molar-refractivity contribution is 5.94. The molecule has 2 heterocycles. The second kappa shape index (κ2) is 8.05. The number of nitrogens with zero attached hydrogens (tertiary/aromatic N) is 2. The third-order valence-corrected chi connectivity index (χ3v) is 3.88. The van der Waals surface area contributed by atoms with Crippen LogP contribution in [0.5, 0.6) is 0 Å². The van der Waals surface area contributed by atoms with Crippen LogP contribution in [0.25, 0.3) is 0 Å². The van der Waals surface area contributed by atoms with E-state index in [1.54, 1.807) is 0 Å². The maximum Gasteiger partial charge on any atom is 0.254 e. The molecule has 116 valence electrons. The average Bonchev–Trinajstić information content (AvgIpc) is 2.94. The Morgan fingerprint density at radius 3 is 3.14 bits per heavy atom. The van der Waals surface area contributed by atoms with Crippen LogP contribution in [-0.4, -0.2) is 53.2 Å². The first-order chi connectivity index (χ1) is 10.2. The van der Waals surface area contributed by atoms with Gasteiger partial charge >= 0.3 is 0 Å². The van der Waals surface area contributed by atoms with Gasteiger partial charge in [0.05, 0.1) is 18.4 Å². The molecule has 0 aliphatic carbocycles. The second-order valence-corrected chi connectivity index (χ2v) is 5.33. The smallest absolute Gasteiger partial charge is 0.254 e. The van der Waals surface area contributed by atoms with Gasteiger partial charge in [-0.05, 0) is 44.8 Å². The summed E-state index contributed by atoms with van der Waals surface area (Å²) in [5, 5.41) is 11.9. The number of rotatable bonds is 7. The van der Waals surface area contributed by atoms with Crippen LogP contribution < -0.4 is 5.32 Å². The average molecular weight is 295 g/mol. The zero-order valence-corrected chi connectivity index (χ0v) is 12.1. The fourth-order valence-corrected chi connectivity index (χ4v) is 2.69. The number of hydrogen-bond acceptors (Lipinski definition) is 4. The van der Waals surface area contributed by atoms with Gasteiger partial charge in [0.25, 0.3) is 5.91 Å². The van der Waals surface area contributed by atoms with Crippen LogP contribution in [0.4, 0.5) is 4.39 Å². The first kappa shape index (κ1) is 15.9. The summed E-state index contributed by atoms with van der Waals surface area (Å²) in [5.74, 6) is -0.998. The number of unbranched alkanes of at least 4 members (excludes halogenated alkanes) is 1. The van der Waals surface area contributed by atoms with E-state index in [4.69, 9.17) is 0 Å². The topological polar surface area (TPSA) is 65.5 Å². The molecule has 1 atom stereocenters. The van der Waals surface area contributed by atoms with E-state index in [0.717, 1.165) is 45.0 Å². The van der Waals surface area contributed by atoms with E-state index in [0.29, 0.717) is 12.6 Å². The minimum atomic E-state index is -0.599. The number of pyridine rings is 1. The summed E-state index contributed by atoms with van der Waals surface area (Å²) in [6, 6.07) is 1.67. The minimum absolute atomic E-state index is 0.0323. The monoisotopic (exact) mass is 295 g/mol. The Hall–Kier alpha value is -1.53. The third kappa shape index (κ3) is 4.47. The number of carbonyl (C=O) groups is 1. The molecule has 2 N–H and O–H groups in total. The standard InChI is InChI=1S/C15H22FN3O2/c16-14-10-17-7-5-13(14)15(21)18-6-1-2-8-19-9-3-4-12(19)11-20/h5,7,10,12,20H,1-4,6,8-9,11H2,(H,18,21). The second-order valence-electron chi connectivity index (χ2n) is 5.33. The van der Waals surface area contributed by atoms with Gasteiger partial charge in [-0.2, -0.15) is 0 Å². The van der Waals surface area contributed by atoms with E-state index >= 15 is 0 Å². The van der Waals surface area contributed by atoms with Crippen molar-refractivity contribution in [2.75, 3.05) is 26.2 Å². The SMILES string of the molecule is O=C(NCCCCN1CCCC1CO)c1ccncc1F. The van der Waals surface area contributed by atoms with E-state index in [1.807, 2.05) is 0 Å². The number of nitrogens with one attached hydrogen (secondary N) is 1. The van der Waals surface area contributed by atoms with Gasteiger partial charge in [-0.3, -0.25) is 14.7 Å². The minimum Gasteiger partial charge on any atom is -0.395 e. The summed E-state index contributed by atoms with van der Waals surface area (Å²) in [6.07, 6.45) is 6.44. The predicted octanol–water partition coefficient (Wildman–Crippen LogP) is 1.19. The molecule has 0 bridgehead atoms. The summed E-state index contributed by atoms with van der Waals surface area (Å²) in [4.78, 5) is 17.7. The molecule has 1 amide bonds. The lowest BCUT2D eigenvalue weighted by atomic mass is 10.2. The van der Waals surface area contributed by atoms with Crippen molar-refractivity contribution in [3.8, 4) is 0 Å². The van der Waals surface area contributed by atoms with Crippen molar-refractivity contribution in [3.63, 3.8) is 0 Å². The van der Waals surface area contributed by atoms with E-state index < -0.39 is 11.7 Å². The lowest BCUT2D eigenvalue weighted by Crippen LogP contribution is -2.33. The van der Waals surface area contributed by atoms with Crippen molar-refractivity contribution >= 4 is 5.91 Å². The maximum absolute atomic E-state index is 13.3. The first-order valence-corrected chi connectivity index (χ1v) is 7.45. The van der Waals surface area contributed by atoms with Gasteiger partial charge in [0.2, 0.25) is 0 Å². The highest BCUT2D eigenvalue weighted by Gasteiger charge is 2.22. The van der Waals surface area contributed by atoms with Crippen molar-refractivity contribution < 1.29 is 14.3 Å². The third-order valence-electron chi connectivity index (χ3n) is 3.88. The molecule has 1 aromatic heterocycles. The fourth-order valence-electron chi connectivity index (χ4n) is 2.69. The van der Waals surface area contributed by atoms with Gasteiger partial charge in [-0.25, -0.2) is 4.39 Å². The van der Waals surface area contributed by atoms with E-state index in [1.165, 1.54) is 12.3 Å². The molecule has 1 aromatic rings. The van der Waals surface area contributed by atoms with Crippen LogP contribution in [0.15, 0.2) is 18.5 Å². The van der Waals surface area contributed by atoms with Crippen LogP contribution in [0.3, 0.4) is 0 Å². The van der Waals surface area contributed by atoms with Gasteiger partial charge in [-0.15, -0.1) is 0 Å². The van der Waals surface area contributed by atoms with Crippen LogP contribution in [0.2, 0.25) is 0 Å². The summed E-state index contributed by atoms with van der Waals surface area (Å²) >= 11 is 0. The Morgan fingerprint density at radius 1 is 1.52 bits per heavy atom. The molecule has 0 aromatic carbocycles. The van der Waals surface area contributed by atoms with Gasteiger partial charge in [-0.1, -0.05) is 0 Å². The summed E-state index contributed by atoms with van der Waals surface area (Å²) in [7, 11) is 0. The number of likely N-dealkylation sites (tertiary alicyclic amines) is 1. The van der Waals surface area contributed by atoms with Gasteiger partial charge < -0.3 is 10.4 Å². The molecule has 0 radical (unpaired) electrons. The lowest BCUT2D eigenvalue weighted by Gasteiger charge is -2.22. The number of amides is 1.